The van der Waals surface area contributed by atoms with Crippen molar-refractivity contribution >= 4 is 0 Å². The molecule has 2 atom stereocenters. The first-order chi connectivity index (χ1) is 10.2. The molecule has 0 bridgehead atoms. The molecule has 1 aliphatic heterocycles. The maximum absolute atomic E-state index is 8.62. The van der Waals surface area contributed by atoms with Crippen molar-refractivity contribution in [3.05, 3.63) is 29.8 Å². The molecule has 1 aromatic rings. The molecule has 1 saturated heterocycles. The molecule has 0 aromatic heterocycles. The number of nitrogens with zero attached hydrogens (tertiary/aromatic N) is 1. The molecular formula is C17H23NO3. The van der Waals surface area contributed by atoms with Gasteiger partial charge < -0.3 is 14.2 Å². The summed E-state index contributed by atoms with van der Waals surface area (Å²) >= 11 is 0. The van der Waals surface area contributed by atoms with Crippen LogP contribution in [0.15, 0.2) is 24.3 Å². The van der Waals surface area contributed by atoms with E-state index in [1.165, 1.54) is 0 Å². The van der Waals surface area contributed by atoms with Crippen LogP contribution in [0.4, 0.5) is 0 Å². The predicted octanol–water partition coefficient (Wildman–Crippen LogP) is 3.10. The Bertz CT molecular complexity index is 456. The predicted molar refractivity (Wildman–Crippen MR) is 80.2 cm³/mol. The van der Waals surface area contributed by atoms with Crippen LogP contribution >= 0.6 is 0 Å². The van der Waals surface area contributed by atoms with Gasteiger partial charge in [0.2, 0.25) is 0 Å². The minimum atomic E-state index is 0.269. The Morgan fingerprint density at radius 2 is 1.81 bits per heavy atom. The second kappa shape index (κ2) is 8.02. The summed E-state index contributed by atoms with van der Waals surface area (Å²) in [6.07, 6.45) is 3.15. The molecule has 4 nitrogen and oxygen atoms in total. The average molecular weight is 289 g/mol. The van der Waals surface area contributed by atoms with E-state index < -0.39 is 0 Å². The Kier molecular flexibility index (Phi) is 6.04. The van der Waals surface area contributed by atoms with Gasteiger partial charge in [-0.25, -0.2) is 0 Å². The summed E-state index contributed by atoms with van der Waals surface area (Å²) in [5.74, 6) is 0.814. The third-order valence-electron chi connectivity index (χ3n) is 3.57. The van der Waals surface area contributed by atoms with Crippen LogP contribution in [0.2, 0.25) is 0 Å². The summed E-state index contributed by atoms with van der Waals surface area (Å²) in [4.78, 5) is 0. The fourth-order valence-electron chi connectivity index (χ4n) is 2.65. The van der Waals surface area contributed by atoms with Crippen LogP contribution in [-0.2, 0) is 15.9 Å². The molecule has 0 N–H and O–H groups in total. The first kappa shape index (κ1) is 15.8. The van der Waals surface area contributed by atoms with Crippen LogP contribution in [0.5, 0.6) is 5.75 Å². The van der Waals surface area contributed by atoms with E-state index in [1.54, 1.807) is 0 Å². The van der Waals surface area contributed by atoms with E-state index in [2.05, 4.69) is 19.9 Å². The second-order valence-corrected chi connectivity index (χ2v) is 5.55. The lowest BCUT2D eigenvalue weighted by molar-refractivity contribution is -0.104. The maximum atomic E-state index is 8.62. The van der Waals surface area contributed by atoms with Crippen molar-refractivity contribution in [3.63, 3.8) is 0 Å². The molecule has 0 spiro atoms. The molecule has 2 unspecified atom stereocenters. The number of hydrogen-bond acceptors (Lipinski definition) is 4. The molecule has 21 heavy (non-hydrogen) atoms. The Hall–Kier alpha value is -1.57. The lowest BCUT2D eigenvalue weighted by Crippen LogP contribution is -2.34. The number of hydrogen-bond donors (Lipinski definition) is 0. The van der Waals surface area contributed by atoms with Gasteiger partial charge in [0.1, 0.15) is 12.4 Å². The molecule has 1 fully saturated rings. The highest BCUT2D eigenvalue weighted by atomic mass is 16.5. The van der Waals surface area contributed by atoms with E-state index in [-0.39, 0.29) is 18.3 Å². The molecule has 1 aromatic carbocycles. The Morgan fingerprint density at radius 1 is 1.14 bits per heavy atom. The summed E-state index contributed by atoms with van der Waals surface area (Å²) in [6, 6.07) is 9.75. The van der Waals surface area contributed by atoms with Crippen molar-refractivity contribution in [1.29, 1.82) is 5.26 Å². The molecule has 0 saturated carbocycles. The number of nitriles is 1. The van der Waals surface area contributed by atoms with Crippen molar-refractivity contribution < 1.29 is 14.2 Å². The van der Waals surface area contributed by atoms with Gasteiger partial charge in [0, 0.05) is 0 Å². The monoisotopic (exact) mass is 289 g/mol. The summed E-state index contributed by atoms with van der Waals surface area (Å²) in [5.41, 5.74) is 1.01. The van der Waals surface area contributed by atoms with Crippen molar-refractivity contribution in [1.82, 2.24) is 0 Å². The molecule has 2 rings (SSSR count). The molecule has 1 heterocycles. The van der Waals surface area contributed by atoms with Crippen molar-refractivity contribution in [3.8, 4) is 11.8 Å². The van der Waals surface area contributed by atoms with E-state index in [4.69, 9.17) is 19.5 Å². The van der Waals surface area contributed by atoms with Crippen LogP contribution in [0.1, 0.15) is 32.3 Å². The highest BCUT2D eigenvalue weighted by molar-refractivity contribution is 5.28. The van der Waals surface area contributed by atoms with E-state index in [9.17, 15) is 0 Å². The first-order valence-corrected chi connectivity index (χ1v) is 7.53. The zero-order chi connectivity index (χ0) is 15.1. The fourth-order valence-corrected chi connectivity index (χ4v) is 2.65. The van der Waals surface area contributed by atoms with Crippen LogP contribution in [0.25, 0.3) is 0 Å². The van der Waals surface area contributed by atoms with Crippen LogP contribution in [0, 0.1) is 11.3 Å². The highest BCUT2D eigenvalue weighted by Gasteiger charge is 2.24. The third kappa shape index (κ3) is 5.37. The SMILES string of the molecule is CC1CC(OCCOc2ccc(CC#N)cc2)CC(C)O1. The molecule has 0 amide bonds. The first-order valence-electron chi connectivity index (χ1n) is 7.53. The molecule has 0 aliphatic carbocycles. The van der Waals surface area contributed by atoms with Gasteiger partial charge in [0.05, 0.1) is 37.4 Å². The summed E-state index contributed by atoms with van der Waals surface area (Å²) < 4.78 is 17.2. The molecule has 114 valence electrons. The van der Waals surface area contributed by atoms with E-state index in [1.807, 2.05) is 24.3 Å². The Labute approximate surface area is 126 Å². The van der Waals surface area contributed by atoms with Gasteiger partial charge in [-0.15, -0.1) is 0 Å². The molecule has 0 radical (unpaired) electrons. The third-order valence-corrected chi connectivity index (χ3v) is 3.57. The normalized spacial score (nSPS) is 25.3. The fraction of sp³-hybridized carbons (Fsp3) is 0.588. The minimum absolute atomic E-state index is 0.269. The van der Waals surface area contributed by atoms with Crippen molar-refractivity contribution in [2.75, 3.05) is 13.2 Å². The topological polar surface area (TPSA) is 51.5 Å². The summed E-state index contributed by atoms with van der Waals surface area (Å²) in [6.45, 7) is 5.30. The smallest absolute Gasteiger partial charge is 0.119 e. The van der Waals surface area contributed by atoms with Crippen LogP contribution < -0.4 is 4.74 Å². The number of rotatable bonds is 6. The highest BCUT2D eigenvalue weighted by Crippen LogP contribution is 2.21. The second-order valence-electron chi connectivity index (χ2n) is 5.55. The van der Waals surface area contributed by atoms with E-state index in [0.29, 0.717) is 19.6 Å². The standard InChI is InChI=1S/C17H23NO3/c1-13-11-17(12-14(2)21-13)20-10-9-19-16-5-3-15(4-6-16)7-8-18/h3-6,13-14,17H,7,9-12H2,1-2H3. The Balaban J connectivity index is 1.66. The Morgan fingerprint density at radius 3 is 2.43 bits per heavy atom. The number of ether oxygens (including phenoxy) is 3. The van der Waals surface area contributed by atoms with Crippen LogP contribution in [0.3, 0.4) is 0 Å². The van der Waals surface area contributed by atoms with E-state index >= 15 is 0 Å². The van der Waals surface area contributed by atoms with Gasteiger partial charge in [-0.1, -0.05) is 12.1 Å². The number of benzene rings is 1. The van der Waals surface area contributed by atoms with Gasteiger partial charge in [-0.2, -0.15) is 5.26 Å². The van der Waals surface area contributed by atoms with Gasteiger partial charge in [-0.3, -0.25) is 0 Å². The molecular weight excluding hydrogens is 266 g/mol. The van der Waals surface area contributed by atoms with Gasteiger partial charge >= 0.3 is 0 Å². The van der Waals surface area contributed by atoms with Gasteiger partial charge in [0.15, 0.2) is 0 Å². The molecule has 1 aliphatic rings. The quantitative estimate of drug-likeness (QED) is 0.755. The zero-order valence-electron chi connectivity index (χ0n) is 12.7. The maximum Gasteiger partial charge on any atom is 0.119 e. The zero-order valence-corrected chi connectivity index (χ0v) is 12.7. The van der Waals surface area contributed by atoms with Gasteiger partial charge in [-0.05, 0) is 44.4 Å². The van der Waals surface area contributed by atoms with Crippen LogP contribution in [-0.4, -0.2) is 31.5 Å². The van der Waals surface area contributed by atoms with Crippen molar-refractivity contribution in [2.24, 2.45) is 0 Å². The van der Waals surface area contributed by atoms with E-state index in [0.717, 1.165) is 24.2 Å². The molecule has 4 heteroatoms. The average Bonchev–Trinajstić information content (AvgIpc) is 2.45. The lowest BCUT2D eigenvalue weighted by atomic mass is 10.0. The largest absolute Gasteiger partial charge is 0.491 e. The summed E-state index contributed by atoms with van der Waals surface area (Å²) in [7, 11) is 0. The van der Waals surface area contributed by atoms with Crippen molar-refractivity contribution in [2.45, 2.75) is 51.4 Å². The van der Waals surface area contributed by atoms with Gasteiger partial charge in [0.25, 0.3) is 0 Å². The summed E-state index contributed by atoms with van der Waals surface area (Å²) in [5, 5.41) is 8.62. The lowest BCUT2D eigenvalue weighted by Gasteiger charge is -2.31. The minimum Gasteiger partial charge on any atom is -0.491 e.